The van der Waals surface area contributed by atoms with Crippen LogP contribution < -0.4 is 9.80 Å². The molecule has 0 radical (unpaired) electrons. The van der Waals surface area contributed by atoms with E-state index in [-0.39, 0.29) is 17.6 Å². The molecule has 0 saturated carbocycles. The smallest absolute Gasteiger partial charge is 0.363 e. The van der Waals surface area contributed by atoms with Crippen molar-refractivity contribution in [2.45, 2.75) is 19.1 Å². The van der Waals surface area contributed by atoms with Gasteiger partial charge in [0, 0.05) is 33.3 Å². The Morgan fingerprint density at radius 3 is 2.50 bits per heavy atom. The van der Waals surface area contributed by atoms with Gasteiger partial charge in [0.25, 0.3) is 0 Å². The van der Waals surface area contributed by atoms with E-state index in [4.69, 9.17) is 0 Å². The fraction of sp³-hybridized carbons (Fsp3) is 0.375. The summed E-state index contributed by atoms with van der Waals surface area (Å²) in [7, 11) is 3.25. The highest BCUT2D eigenvalue weighted by Crippen LogP contribution is 2.32. The number of hydrogen-bond acceptors (Lipinski definition) is 4. The molecule has 0 aliphatic carbocycles. The van der Waals surface area contributed by atoms with Crippen LogP contribution in [-0.4, -0.2) is 30.6 Å². The van der Waals surface area contributed by atoms with Crippen LogP contribution in [0.5, 0.6) is 0 Å². The van der Waals surface area contributed by atoms with Crippen molar-refractivity contribution >= 4 is 11.8 Å². The molecular weight excluding hydrogens is 324 g/mol. The van der Waals surface area contributed by atoms with E-state index in [9.17, 15) is 17.6 Å². The first-order valence-corrected chi connectivity index (χ1v) is 7.40. The van der Waals surface area contributed by atoms with Gasteiger partial charge in [0.1, 0.15) is 11.6 Å². The minimum Gasteiger partial charge on any atom is -0.363 e. The van der Waals surface area contributed by atoms with E-state index in [0.29, 0.717) is 19.5 Å². The molecule has 128 valence electrons. The number of halogens is 4. The Labute approximate surface area is 136 Å². The normalized spacial score (nSPS) is 14.5. The number of nitrogens with zero attached hydrogens (tertiary/aromatic N) is 4. The molecule has 0 spiro atoms. The van der Waals surface area contributed by atoms with Crippen LogP contribution in [0, 0.1) is 5.82 Å². The fourth-order valence-electron chi connectivity index (χ4n) is 2.63. The third-order valence-corrected chi connectivity index (χ3v) is 3.91. The zero-order valence-electron chi connectivity index (χ0n) is 13.2. The Morgan fingerprint density at radius 1 is 1.08 bits per heavy atom. The summed E-state index contributed by atoms with van der Waals surface area (Å²) in [5.41, 5.74) is 0.766. The summed E-state index contributed by atoms with van der Waals surface area (Å²) in [5.74, 6) is -0.0897. The van der Waals surface area contributed by atoms with Crippen molar-refractivity contribution in [1.29, 1.82) is 0 Å². The van der Waals surface area contributed by atoms with Gasteiger partial charge in [-0.1, -0.05) is 6.07 Å². The Balaban J connectivity index is 1.97. The predicted octanol–water partition coefficient (Wildman–Crippen LogP) is 3.26. The summed E-state index contributed by atoms with van der Waals surface area (Å²) < 4.78 is 52.6. The van der Waals surface area contributed by atoms with Gasteiger partial charge in [-0.2, -0.15) is 18.2 Å². The fourth-order valence-corrected chi connectivity index (χ4v) is 2.63. The molecule has 1 aliphatic rings. The van der Waals surface area contributed by atoms with E-state index in [2.05, 4.69) is 9.97 Å². The van der Waals surface area contributed by atoms with Gasteiger partial charge in [-0.25, -0.2) is 9.37 Å². The summed E-state index contributed by atoms with van der Waals surface area (Å²) in [6, 6.07) is 5.39. The van der Waals surface area contributed by atoms with Crippen molar-refractivity contribution in [2.24, 2.45) is 0 Å². The minimum atomic E-state index is -4.54. The zero-order chi connectivity index (χ0) is 17.5. The van der Waals surface area contributed by atoms with E-state index in [1.807, 2.05) is 0 Å². The molecule has 1 aromatic heterocycles. The highest BCUT2D eigenvalue weighted by Gasteiger charge is 2.34. The van der Waals surface area contributed by atoms with Crippen molar-refractivity contribution in [2.75, 3.05) is 30.4 Å². The first kappa shape index (κ1) is 16.5. The number of hydrogen-bond donors (Lipinski definition) is 0. The third-order valence-electron chi connectivity index (χ3n) is 3.91. The summed E-state index contributed by atoms with van der Waals surface area (Å²) in [6.45, 7) is 0.786. The number of rotatable bonds is 2. The quantitative estimate of drug-likeness (QED) is 0.786. The highest BCUT2D eigenvalue weighted by atomic mass is 19.4. The van der Waals surface area contributed by atoms with Crippen molar-refractivity contribution < 1.29 is 17.6 Å². The summed E-state index contributed by atoms with van der Waals surface area (Å²) in [4.78, 5) is 11.1. The van der Waals surface area contributed by atoms with Gasteiger partial charge >= 0.3 is 6.18 Å². The predicted molar refractivity (Wildman–Crippen MR) is 82.5 cm³/mol. The van der Waals surface area contributed by atoms with E-state index in [1.165, 1.54) is 17.0 Å². The maximum Gasteiger partial charge on any atom is 0.433 e. The molecule has 24 heavy (non-hydrogen) atoms. The van der Waals surface area contributed by atoms with E-state index in [0.717, 1.165) is 17.2 Å². The van der Waals surface area contributed by atoms with Crippen molar-refractivity contribution in [3.05, 3.63) is 46.9 Å². The number of fused-ring (bicyclic) bond motifs is 1. The molecule has 4 nitrogen and oxygen atoms in total. The third kappa shape index (κ3) is 3.27. The lowest BCUT2D eigenvalue weighted by Gasteiger charge is -2.30. The van der Waals surface area contributed by atoms with Crippen LogP contribution in [0.1, 0.15) is 16.8 Å². The van der Waals surface area contributed by atoms with Gasteiger partial charge in [-0.15, -0.1) is 0 Å². The monoisotopic (exact) mass is 340 g/mol. The van der Waals surface area contributed by atoms with Gasteiger partial charge in [0.2, 0.25) is 5.95 Å². The molecule has 8 heteroatoms. The lowest BCUT2D eigenvalue weighted by atomic mass is 10.00. The molecule has 0 saturated heterocycles. The van der Waals surface area contributed by atoms with E-state index < -0.39 is 11.9 Å². The largest absolute Gasteiger partial charge is 0.433 e. The molecule has 1 aliphatic heterocycles. The summed E-state index contributed by atoms with van der Waals surface area (Å²) in [5, 5.41) is 0. The minimum absolute atomic E-state index is 0.0310. The standard InChI is InChI=1S/C16H16F4N4/c1-23(2)14-8-13(16(18,19)20)21-15(22-14)24-6-5-10-7-12(17)4-3-11(10)9-24/h3-4,7-8H,5-6,9H2,1-2H3. The Bertz CT molecular complexity index is 758. The van der Waals surface area contributed by atoms with Gasteiger partial charge in [0.05, 0.1) is 0 Å². The van der Waals surface area contributed by atoms with Crippen molar-refractivity contribution in [1.82, 2.24) is 9.97 Å². The van der Waals surface area contributed by atoms with Gasteiger partial charge < -0.3 is 9.80 Å². The van der Waals surface area contributed by atoms with E-state index in [1.54, 1.807) is 25.1 Å². The van der Waals surface area contributed by atoms with Crippen LogP contribution in [0.15, 0.2) is 24.3 Å². The van der Waals surface area contributed by atoms with Crippen LogP contribution in [0.3, 0.4) is 0 Å². The molecule has 0 N–H and O–H groups in total. The molecule has 0 atom stereocenters. The molecule has 0 unspecified atom stereocenters. The maximum absolute atomic E-state index is 13.3. The summed E-state index contributed by atoms with van der Waals surface area (Å²) >= 11 is 0. The Hall–Kier alpha value is -2.38. The first-order chi connectivity index (χ1) is 11.2. The SMILES string of the molecule is CN(C)c1cc(C(F)(F)F)nc(N2CCc3cc(F)ccc3C2)n1. The van der Waals surface area contributed by atoms with Crippen LogP contribution in [0.25, 0.3) is 0 Å². The molecule has 0 fully saturated rings. The Morgan fingerprint density at radius 2 is 1.83 bits per heavy atom. The number of anilines is 2. The number of alkyl halides is 3. The van der Waals surface area contributed by atoms with Gasteiger partial charge in [0.15, 0.2) is 5.69 Å². The second kappa shape index (κ2) is 5.92. The molecule has 2 aromatic rings. The topological polar surface area (TPSA) is 32.3 Å². The molecular formula is C16H16F4N4. The average Bonchev–Trinajstić information content (AvgIpc) is 2.53. The molecule has 2 heterocycles. The van der Waals surface area contributed by atoms with Crippen LogP contribution >= 0.6 is 0 Å². The Kier molecular flexibility index (Phi) is 4.06. The summed E-state index contributed by atoms with van der Waals surface area (Å²) in [6.07, 6.45) is -4.01. The lowest BCUT2D eigenvalue weighted by Crippen LogP contribution is -2.33. The van der Waals surface area contributed by atoms with Gasteiger partial charge in [-0.05, 0) is 29.7 Å². The molecule has 0 amide bonds. The van der Waals surface area contributed by atoms with Crippen molar-refractivity contribution in [3.63, 3.8) is 0 Å². The first-order valence-electron chi connectivity index (χ1n) is 7.40. The molecule has 1 aromatic carbocycles. The maximum atomic E-state index is 13.3. The zero-order valence-corrected chi connectivity index (χ0v) is 13.2. The average molecular weight is 340 g/mol. The molecule has 3 rings (SSSR count). The number of benzene rings is 1. The van der Waals surface area contributed by atoms with Gasteiger partial charge in [-0.3, -0.25) is 0 Å². The van der Waals surface area contributed by atoms with Crippen LogP contribution in [0.4, 0.5) is 29.3 Å². The lowest BCUT2D eigenvalue weighted by molar-refractivity contribution is -0.141. The number of aromatic nitrogens is 2. The highest BCUT2D eigenvalue weighted by molar-refractivity contribution is 5.47. The van der Waals surface area contributed by atoms with Crippen molar-refractivity contribution in [3.8, 4) is 0 Å². The van der Waals surface area contributed by atoms with Crippen LogP contribution in [0.2, 0.25) is 0 Å². The second-order valence-electron chi connectivity index (χ2n) is 5.89. The van der Waals surface area contributed by atoms with E-state index >= 15 is 0 Å². The second-order valence-corrected chi connectivity index (χ2v) is 5.89. The van der Waals surface area contributed by atoms with Crippen LogP contribution in [-0.2, 0) is 19.1 Å². The molecule has 0 bridgehead atoms.